The largest absolute Gasteiger partial charge is 0.338 e. The highest BCUT2D eigenvalue weighted by molar-refractivity contribution is 7.91. The average Bonchev–Trinajstić information content (AvgIpc) is 2.80. The lowest BCUT2D eigenvalue weighted by Gasteiger charge is -2.27. The van der Waals surface area contributed by atoms with Crippen molar-refractivity contribution in [3.05, 3.63) is 0 Å². The number of hydrogen-bond acceptors (Lipinski definition) is 4. The van der Waals surface area contributed by atoms with Crippen LogP contribution in [0.2, 0.25) is 0 Å². The number of sulfone groups is 1. The zero-order valence-corrected chi connectivity index (χ0v) is 10.9. The van der Waals surface area contributed by atoms with Gasteiger partial charge in [-0.1, -0.05) is 6.92 Å². The van der Waals surface area contributed by atoms with Crippen LogP contribution < -0.4 is 5.73 Å². The van der Waals surface area contributed by atoms with E-state index in [-0.39, 0.29) is 29.4 Å². The Kier molecular flexibility index (Phi) is 3.45. The van der Waals surface area contributed by atoms with E-state index in [1.165, 1.54) is 0 Å². The summed E-state index contributed by atoms with van der Waals surface area (Å²) in [6, 6.07) is 0.0887. The summed E-state index contributed by atoms with van der Waals surface area (Å²) in [5.74, 6) is 0.251. The minimum absolute atomic E-state index is 0.00845. The smallest absolute Gasteiger partial charge is 0.227 e. The van der Waals surface area contributed by atoms with Crippen molar-refractivity contribution in [1.82, 2.24) is 4.90 Å². The molecule has 0 aromatic carbocycles. The van der Waals surface area contributed by atoms with Gasteiger partial charge in [-0.25, -0.2) is 8.42 Å². The molecule has 3 unspecified atom stereocenters. The van der Waals surface area contributed by atoms with Crippen molar-refractivity contribution in [3.8, 4) is 0 Å². The quantitative estimate of drug-likeness (QED) is 0.733. The van der Waals surface area contributed by atoms with Gasteiger partial charge in [-0.15, -0.1) is 0 Å². The third-order valence-electron chi connectivity index (χ3n) is 3.99. The maximum absolute atomic E-state index is 12.3. The Morgan fingerprint density at radius 2 is 2.12 bits per heavy atom. The van der Waals surface area contributed by atoms with Gasteiger partial charge in [0.2, 0.25) is 5.91 Å². The maximum Gasteiger partial charge on any atom is 0.227 e. The van der Waals surface area contributed by atoms with Crippen LogP contribution in [0.4, 0.5) is 0 Å². The van der Waals surface area contributed by atoms with Gasteiger partial charge in [-0.2, -0.15) is 0 Å². The van der Waals surface area contributed by atoms with Crippen molar-refractivity contribution in [2.45, 2.75) is 25.8 Å². The number of nitrogens with two attached hydrogens (primary N) is 1. The summed E-state index contributed by atoms with van der Waals surface area (Å²) in [5.41, 5.74) is 5.69. The molecule has 98 valence electrons. The van der Waals surface area contributed by atoms with Crippen LogP contribution in [0, 0.1) is 11.8 Å². The molecule has 17 heavy (non-hydrogen) atoms. The number of nitrogens with zero attached hydrogens (tertiary/aromatic N) is 1. The van der Waals surface area contributed by atoms with Crippen LogP contribution >= 0.6 is 0 Å². The van der Waals surface area contributed by atoms with Crippen LogP contribution in [0.1, 0.15) is 19.8 Å². The lowest BCUT2D eigenvalue weighted by Crippen LogP contribution is -2.45. The number of rotatable bonds is 2. The highest BCUT2D eigenvalue weighted by Gasteiger charge is 2.40. The Morgan fingerprint density at radius 1 is 1.41 bits per heavy atom. The molecule has 2 rings (SSSR count). The van der Waals surface area contributed by atoms with E-state index in [4.69, 9.17) is 5.73 Å². The molecule has 2 saturated heterocycles. The molecule has 0 aromatic rings. The summed E-state index contributed by atoms with van der Waals surface area (Å²) < 4.78 is 22.8. The van der Waals surface area contributed by atoms with Gasteiger partial charge in [0.15, 0.2) is 9.84 Å². The van der Waals surface area contributed by atoms with Crippen LogP contribution in [0.3, 0.4) is 0 Å². The minimum atomic E-state index is -2.99. The summed E-state index contributed by atoms with van der Waals surface area (Å²) >= 11 is 0. The Bertz CT molecular complexity index is 407. The number of amides is 1. The predicted molar refractivity (Wildman–Crippen MR) is 65.1 cm³/mol. The highest BCUT2D eigenvalue weighted by atomic mass is 32.2. The number of likely N-dealkylation sites (tertiary alicyclic amines) is 1. The lowest BCUT2D eigenvalue weighted by molar-refractivity contribution is -0.135. The summed E-state index contributed by atoms with van der Waals surface area (Å²) in [6.07, 6.45) is 1.44. The van der Waals surface area contributed by atoms with Crippen LogP contribution in [-0.4, -0.2) is 49.9 Å². The molecule has 1 amide bonds. The van der Waals surface area contributed by atoms with Gasteiger partial charge in [-0.3, -0.25) is 4.79 Å². The Morgan fingerprint density at radius 3 is 2.65 bits per heavy atom. The first-order valence-corrected chi connectivity index (χ1v) is 7.97. The molecular weight excluding hydrogens is 240 g/mol. The molecule has 0 spiro atoms. The van der Waals surface area contributed by atoms with Crippen molar-refractivity contribution < 1.29 is 13.2 Å². The second-order valence-electron chi connectivity index (χ2n) is 5.20. The predicted octanol–water partition coefficient (Wildman–Crippen LogP) is -0.383. The molecule has 2 N–H and O–H groups in total. The van der Waals surface area contributed by atoms with E-state index in [0.717, 1.165) is 13.0 Å². The SMILES string of the molecule is CC1CCN(C(=O)C2CCS(=O)(=O)C2)C1CN. The topological polar surface area (TPSA) is 80.5 Å². The molecule has 0 radical (unpaired) electrons. The number of carbonyl (C=O) groups excluding carboxylic acids is 1. The molecule has 2 fully saturated rings. The van der Waals surface area contributed by atoms with Crippen molar-refractivity contribution in [3.63, 3.8) is 0 Å². The molecule has 0 bridgehead atoms. The normalized spacial score (nSPS) is 36.4. The third-order valence-corrected chi connectivity index (χ3v) is 5.76. The van der Waals surface area contributed by atoms with Gasteiger partial charge in [0.1, 0.15) is 0 Å². The van der Waals surface area contributed by atoms with Gasteiger partial charge >= 0.3 is 0 Å². The van der Waals surface area contributed by atoms with Crippen LogP contribution in [0.25, 0.3) is 0 Å². The molecule has 3 atom stereocenters. The first-order valence-electron chi connectivity index (χ1n) is 6.15. The van der Waals surface area contributed by atoms with E-state index in [0.29, 0.717) is 18.9 Å². The Balaban J connectivity index is 2.06. The molecule has 6 heteroatoms. The van der Waals surface area contributed by atoms with E-state index in [1.54, 1.807) is 4.90 Å². The van der Waals surface area contributed by atoms with Crippen LogP contribution in [0.5, 0.6) is 0 Å². The standard InChI is InChI=1S/C11H20N2O3S/c1-8-2-4-13(10(8)6-12)11(14)9-3-5-17(15,16)7-9/h8-10H,2-7,12H2,1H3. The van der Waals surface area contributed by atoms with Crippen molar-refractivity contribution >= 4 is 15.7 Å². The fraction of sp³-hybridized carbons (Fsp3) is 0.909. The van der Waals surface area contributed by atoms with E-state index in [2.05, 4.69) is 6.92 Å². The summed E-state index contributed by atoms with van der Waals surface area (Å²) in [5, 5.41) is 0. The van der Waals surface area contributed by atoms with Gasteiger partial charge in [0.05, 0.1) is 17.4 Å². The van der Waals surface area contributed by atoms with Gasteiger partial charge in [-0.05, 0) is 18.8 Å². The average molecular weight is 260 g/mol. The van der Waals surface area contributed by atoms with E-state index in [9.17, 15) is 13.2 Å². The molecule has 2 aliphatic heterocycles. The molecule has 2 heterocycles. The third kappa shape index (κ3) is 2.47. The van der Waals surface area contributed by atoms with Crippen molar-refractivity contribution in [1.29, 1.82) is 0 Å². The zero-order chi connectivity index (χ0) is 12.6. The molecule has 5 nitrogen and oxygen atoms in total. The van der Waals surface area contributed by atoms with E-state index in [1.807, 2.05) is 0 Å². The molecule has 2 aliphatic rings. The van der Waals surface area contributed by atoms with Crippen LogP contribution in [0.15, 0.2) is 0 Å². The molecule has 0 saturated carbocycles. The minimum Gasteiger partial charge on any atom is -0.338 e. The van der Waals surface area contributed by atoms with Gasteiger partial charge in [0, 0.05) is 19.1 Å². The van der Waals surface area contributed by atoms with E-state index >= 15 is 0 Å². The van der Waals surface area contributed by atoms with Gasteiger partial charge in [0.25, 0.3) is 0 Å². The maximum atomic E-state index is 12.3. The molecular formula is C11H20N2O3S. The van der Waals surface area contributed by atoms with E-state index < -0.39 is 9.84 Å². The fourth-order valence-corrected chi connectivity index (χ4v) is 4.60. The molecule has 0 aromatic heterocycles. The second kappa shape index (κ2) is 4.57. The number of carbonyl (C=O) groups is 1. The fourth-order valence-electron chi connectivity index (χ4n) is 2.87. The van der Waals surface area contributed by atoms with Crippen LogP contribution in [-0.2, 0) is 14.6 Å². The highest BCUT2D eigenvalue weighted by Crippen LogP contribution is 2.28. The summed E-state index contributed by atoms with van der Waals surface area (Å²) in [6.45, 7) is 3.28. The van der Waals surface area contributed by atoms with Gasteiger partial charge < -0.3 is 10.6 Å². The zero-order valence-electron chi connectivity index (χ0n) is 10.1. The lowest BCUT2D eigenvalue weighted by atomic mass is 10.0. The second-order valence-corrected chi connectivity index (χ2v) is 7.43. The Hall–Kier alpha value is -0.620. The number of hydrogen-bond donors (Lipinski definition) is 1. The first kappa shape index (κ1) is 12.8. The van der Waals surface area contributed by atoms with Crippen molar-refractivity contribution in [2.24, 2.45) is 17.6 Å². The monoisotopic (exact) mass is 260 g/mol. The van der Waals surface area contributed by atoms with Crippen molar-refractivity contribution in [2.75, 3.05) is 24.6 Å². The summed E-state index contributed by atoms with van der Waals surface area (Å²) in [7, 11) is -2.99. The first-order chi connectivity index (χ1) is 7.94. The molecule has 0 aliphatic carbocycles. The Labute approximate surface area is 102 Å². The summed E-state index contributed by atoms with van der Waals surface area (Å²) in [4.78, 5) is 14.1.